The Bertz CT molecular complexity index is 1150. The van der Waals surface area contributed by atoms with Crippen molar-refractivity contribution < 1.29 is 9.90 Å². The van der Waals surface area contributed by atoms with Gasteiger partial charge >= 0.3 is 0 Å². The Balaban J connectivity index is 1.10. The molecule has 2 aromatic rings. The number of benzene rings is 2. The maximum Gasteiger partial charge on any atom is 0.257 e. The molecular weight excluding hydrogens is 532 g/mol. The summed E-state index contributed by atoms with van der Waals surface area (Å²) in [5.74, 6) is 2.09. The van der Waals surface area contributed by atoms with Gasteiger partial charge in [-0.15, -0.1) is 0 Å². The third kappa shape index (κ3) is 7.01. The van der Waals surface area contributed by atoms with Crippen molar-refractivity contribution in [1.82, 2.24) is 9.80 Å². The highest BCUT2D eigenvalue weighted by atomic mass is 16.3. The molecule has 2 unspecified atom stereocenters. The number of hydrogen-bond acceptors (Lipinski definition) is 5. The van der Waals surface area contributed by atoms with E-state index in [1.165, 1.54) is 64.2 Å². The van der Waals surface area contributed by atoms with Crippen LogP contribution in [0.15, 0.2) is 65.7 Å². The van der Waals surface area contributed by atoms with Crippen molar-refractivity contribution in [2.45, 2.75) is 108 Å². The first-order valence-electron chi connectivity index (χ1n) is 17.2. The Morgan fingerprint density at radius 2 is 1.33 bits per heavy atom. The summed E-state index contributed by atoms with van der Waals surface area (Å²) in [6.07, 6.45) is 15.7. The molecule has 0 bridgehead atoms. The van der Waals surface area contributed by atoms with Gasteiger partial charge in [-0.05, 0) is 54.6 Å². The number of rotatable bonds is 11. The van der Waals surface area contributed by atoms with E-state index in [1.54, 1.807) is 0 Å². The number of likely N-dealkylation sites (tertiary alicyclic amines) is 1. The molecule has 2 aliphatic heterocycles. The van der Waals surface area contributed by atoms with Gasteiger partial charge < -0.3 is 10.8 Å². The fourth-order valence-corrected chi connectivity index (χ4v) is 8.70. The van der Waals surface area contributed by atoms with Crippen molar-refractivity contribution in [2.24, 2.45) is 28.5 Å². The minimum absolute atomic E-state index is 0.107. The lowest BCUT2D eigenvalue weighted by Gasteiger charge is -2.35. The number of aliphatic hydroxyl groups excluding tert-OH is 1. The summed E-state index contributed by atoms with van der Waals surface area (Å²) in [5.41, 5.74) is 8.20. The molecule has 0 aromatic heterocycles. The molecule has 2 atom stereocenters. The monoisotopic (exact) mass is 584 g/mol. The van der Waals surface area contributed by atoms with Gasteiger partial charge in [0.05, 0.1) is 0 Å². The molecule has 2 aromatic carbocycles. The van der Waals surface area contributed by atoms with Crippen molar-refractivity contribution in [1.29, 1.82) is 0 Å². The third-order valence-electron chi connectivity index (χ3n) is 11.0. The number of carbonyl (C=O) groups is 1. The van der Waals surface area contributed by atoms with E-state index in [-0.39, 0.29) is 11.8 Å². The van der Waals surface area contributed by atoms with Gasteiger partial charge in [0.15, 0.2) is 5.96 Å². The van der Waals surface area contributed by atoms with Crippen LogP contribution < -0.4 is 5.73 Å². The van der Waals surface area contributed by atoms with Crippen LogP contribution in [0.4, 0.5) is 0 Å². The number of guanidine groups is 1. The molecule has 4 aliphatic rings. The van der Waals surface area contributed by atoms with Gasteiger partial charge in [-0.3, -0.25) is 14.6 Å². The molecule has 0 spiro atoms. The molecular formula is C37H52N4O2. The van der Waals surface area contributed by atoms with E-state index in [4.69, 9.17) is 10.7 Å². The number of carbonyl (C=O) groups excluding carboxylic acids is 1. The van der Waals surface area contributed by atoms with E-state index in [2.05, 4.69) is 29.2 Å². The Kier molecular flexibility index (Phi) is 9.84. The lowest BCUT2D eigenvalue weighted by Crippen LogP contribution is -2.47. The summed E-state index contributed by atoms with van der Waals surface area (Å²) in [5, 5.41) is 11.7. The third-order valence-corrected chi connectivity index (χ3v) is 11.0. The Morgan fingerprint density at radius 1 is 0.791 bits per heavy atom. The first-order valence-corrected chi connectivity index (χ1v) is 17.2. The molecule has 0 radical (unpaired) electrons. The standard InChI is InChI=1S/C37H52N4O2/c38-36-39-37(25-28-13-5-1-6-14-28,26-29-15-7-2-8-16-29)35(43)41(36)24-22-30-21-23-40(27-30)34(42)33(31-17-9-3-10-18-31)32-19-11-4-12-20-32/h3-4,9-12,17-20,28-30,33-34,42H,1-2,5-8,13-16,21-27H2,(H2,38,39). The number of nitrogens with two attached hydrogens (primary N) is 1. The van der Waals surface area contributed by atoms with Gasteiger partial charge in [0, 0.05) is 25.6 Å². The molecule has 2 aliphatic carbocycles. The van der Waals surface area contributed by atoms with Crippen molar-refractivity contribution in [2.75, 3.05) is 19.6 Å². The second kappa shape index (κ2) is 13.9. The number of aliphatic imine (C=N–C) groups is 1. The van der Waals surface area contributed by atoms with Crippen LogP contribution in [0.5, 0.6) is 0 Å². The lowest BCUT2D eigenvalue weighted by atomic mass is 9.73. The van der Waals surface area contributed by atoms with Crippen molar-refractivity contribution in [3.05, 3.63) is 71.8 Å². The van der Waals surface area contributed by atoms with E-state index in [1.807, 2.05) is 41.3 Å². The van der Waals surface area contributed by atoms with Crippen LogP contribution in [0.1, 0.15) is 107 Å². The summed E-state index contributed by atoms with van der Waals surface area (Å²) < 4.78 is 0. The largest absolute Gasteiger partial charge is 0.377 e. The Morgan fingerprint density at radius 3 is 1.86 bits per heavy atom. The van der Waals surface area contributed by atoms with Crippen molar-refractivity contribution in [3.8, 4) is 0 Å². The molecule has 6 nitrogen and oxygen atoms in total. The van der Waals surface area contributed by atoms with E-state index in [0.717, 1.165) is 49.9 Å². The zero-order chi connectivity index (χ0) is 29.6. The van der Waals surface area contributed by atoms with Crippen LogP contribution >= 0.6 is 0 Å². The zero-order valence-electron chi connectivity index (χ0n) is 26.0. The van der Waals surface area contributed by atoms with E-state index in [9.17, 15) is 9.90 Å². The minimum Gasteiger partial charge on any atom is -0.377 e. The van der Waals surface area contributed by atoms with Gasteiger partial charge in [-0.2, -0.15) is 0 Å². The van der Waals surface area contributed by atoms with Gasteiger partial charge in [0.1, 0.15) is 11.8 Å². The minimum atomic E-state index is -0.648. The predicted molar refractivity (Wildman–Crippen MR) is 173 cm³/mol. The number of aliphatic hydroxyl groups is 1. The van der Waals surface area contributed by atoms with Gasteiger partial charge in [-0.1, -0.05) is 125 Å². The summed E-state index contributed by atoms with van der Waals surface area (Å²) >= 11 is 0. The number of hydrogen-bond donors (Lipinski definition) is 2. The number of amides is 1. The Labute approximate surface area is 258 Å². The summed E-state index contributed by atoms with van der Waals surface area (Å²) in [6.45, 7) is 2.30. The fraction of sp³-hybridized carbons (Fsp3) is 0.622. The van der Waals surface area contributed by atoms with Crippen LogP contribution in [-0.4, -0.2) is 58.2 Å². The van der Waals surface area contributed by atoms with Crippen LogP contribution in [0.2, 0.25) is 0 Å². The molecule has 6 heteroatoms. The quantitative estimate of drug-likeness (QED) is 0.309. The normalized spacial score (nSPS) is 24.5. The molecule has 1 saturated heterocycles. The molecule has 3 fully saturated rings. The van der Waals surface area contributed by atoms with Crippen molar-refractivity contribution in [3.63, 3.8) is 0 Å². The van der Waals surface area contributed by atoms with Gasteiger partial charge in [0.25, 0.3) is 5.91 Å². The second-order valence-corrected chi connectivity index (χ2v) is 14.0. The zero-order valence-corrected chi connectivity index (χ0v) is 26.0. The maximum atomic E-state index is 14.2. The average Bonchev–Trinajstić information content (AvgIpc) is 3.60. The van der Waals surface area contributed by atoms with Crippen LogP contribution in [0.25, 0.3) is 0 Å². The van der Waals surface area contributed by atoms with Gasteiger partial charge in [0.2, 0.25) is 0 Å². The van der Waals surface area contributed by atoms with E-state index >= 15 is 0 Å². The molecule has 1 amide bonds. The topological polar surface area (TPSA) is 82.2 Å². The molecule has 2 saturated carbocycles. The Hall–Kier alpha value is -2.70. The lowest BCUT2D eigenvalue weighted by molar-refractivity contribution is -0.133. The van der Waals surface area contributed by atoms with E-state index in [0.29, 0.717) is 30.3 Å². The van der Waals surface area contributed by atoms with Crippen LogP contribution in [0, 0.1) is 17.8 Å². The molecule has 2 heterocycles. The SMILES string of the molecule is NC1=NC(CC2CCCCC2)(CC2CCCCC2)C(=O)N1CCC1CCN(C(O)C(c2ccccc2)c2ccccc2)C1. The average molecular weight is 585 g/mol. The van der Waals surface area contributed by atoms with Crippen molar-refractivity contribution >= 4 is 11.9 Å². The summed E-state index contributed by atoms with van der Waals surface area (Å²) in [4.78, 5) is 23.4. The smallest absolute Gasteiger partial charge is 0.257 e. The first-order chi connectivity index (χ1) is 21.0. The summed E-state index contributed by atoms with van der Waals surface area (Å²) in [6, 6.07) is 20.7. The highest BCUT2D eigenvalue weighted by Gasteiger charge is 2.50. The molecule has 6 rings (SSSR count). The summed E-state index contributed by atoms with van der Waals surface area (Å²) in [7, 11) is 0. The highest BCUT2D eigenvalue weighted by molar-refractivity contribution is 6.06. The molecule has 232 valence electrons. The van der Waals surface area contributed by atoms with Crippen LogP contribution in [-0.2, 0) is 4.79 Å². The maximum absolute atomic E-state index is 14.2. The molecule has 3 N–H and O–H groups in total. The van der Waals surface area contributed by atoms with Gasteiger partial charge in [-0.25, -0.2) is 4.99 Å². The highest BCUT2D eigenvalue weighted by Crippen LogP contribution is 2.42. The first kappa shape index (κ1) is 30.3. The van der Waals surface area contributed by atoms with E-state index < -0.39 is 11.8 Å². The van der Waals surface area contributed by atoms with Crippen LogP contribution in [0.3, 0.4) is 0 Å². The second-order valence-electron chi connectivity index (χ2n) is 14.0. The fourth-order valence-electron chi connectivity index (χ4n) is 8.70. The molecule has 43 heavy (non-hydrogen) atoms. The predicted octanol–water partition coefficient (Wildman–Crippen LogP) is 6.69. The number of nitrogens with zero attached hydrogens (tertiary/aromatic N) is 3.